The van der Waals surface area contributed by atoms with Crippen molar-refractivity contribution in [3.63, 3.8) is 0 Å². The molecule has 0 aromatic carbocycles. The number of carbonyl (C=O) groups is 1. The van der Waals surface area contributed by atoms with Gasteiger partial charge in [-0.3, -0.25) is 4.79 Å². The van der Waals surface area contributed by atoms with E-state index in [4.69, 9.17) is 5.11 Å². The summed E-state index contributed by atoms with van der Waals surface area (Å²) in [7, 11) is 0. The molecule has 2 bridgehead atoms. The zero-order valence-corrected chi connectivity index (χ0v) is 6.42. The average molecular weight is 152 g/mol. The van der Waals surface area contributed by atoms with Crippen molar-refractivity contribution in [2.45, 2.75) is 25.7 Å². The standard InChI is InChI=1S/C9H12O2/c10-9(11)5-8-4-6-1-2-7(8)3-6/h1,7-8H,2-5H2,(H,10,11). The van der Waals surface area contributed by atoms with Gasteiger partial charge in [-0.1, -0.05) is 11.6 Å². The van der Waals surface area contributed by atoms with Crippen LogP contribution in [0.15, 0.2) is 11.6 Å². The molecule has 0 aromatic heterocycles. The largest absolute Gasteiger partial charge is 0.481 e. The first-order valence-electron chi connectivity index (χ1n) is 4.15. The highest BCUT2D eigenvalue weighted by atomic mass is 16.4. The summed E-state index contributed by atoms with van der Waals surface area (Å²) in [5, 5.41) is 8.58. The monoisotopic (exact) mass is 152 g/mol. The van der Waals surface area contributed by atoms with E-state index >= 15 is 0 Å². The van der Waals surface area contributed by atoms with Gasteiger partial charge in [0.05, 0.1) is 0 Å². The van der Waals surface area contributed by atoms with Crippen LogP contribution in [-0.4, -0.2) is 11.1 Å². The van der Waals surface area contributed by atoms with Crippen LogP contribution >= 0.6 is 0 Å². The van der Waals surface area contributed by atoms with E-state index in [0.29, 0.717) is 18.3 Å². The second-order valence-corrected chi connectivity index (χ2v) is 3.62. The summed E-state index contributed by atoms with van der Waals surface area (Å²) < 4.78 is 0. The molecule has 0 radical (unpaired) electrons. The molecule has 60 valence electrons. The molecule has 2 nitrogen and oxygen atoms in total. The van der Waals surface area contributed by atoms with Gasteiger partial charge < -0.3 is 5.11 Å². The van der Waals surface area contributed by atoms with Crippen molar-refractivity contribution < 1.29 is 9.90 Å². The summed E-state index contributed by atoms with van der Waals surface area (Å²) in [6, 6.07) is 0. The predicted octanol–water partition coefficient (Wildman–Crippen LogP) is 1.82. The fourth-order valence-corrected chi connectivity index (χ4v) is 2.31. The Hall–Kier alpha value is -0.790. The van der Waals surface area contributed by atoms with Crippen LogP contribution in [-0.2, 0) is 4.79 Å². The maximum Gasteiger partial charge on any atom is 0.303 e. The number of hydrogen-bond acceptors (Lipinski definition) is 1. The lowest BCUT2D eigenvalue weighted by molar-refractivity contribution is -0.138. The second-order valence-electron chi connectivity index (χ2n) is 3.62. The van der Waals surface area contributed by atoms with Gasteiger partial charge in [0.25, 0.3) is 0 Å². The van der Waals surface area contributed by atoms with E-state index in [0.717, 1.165) is 12.8 Å². The molecule has 2 aliphatic carbocycles. The molecule has 2 atom stereocenters. The quantitative estimate of drug-likeness (QED) is 0.613. The van der Waals surface area contributed by atoms with Crippen molar-refractivity contribution in [2.75, 3.05) is 0 Å². The second kappa shape index (κ2) is 2.36. The third-order valence-electron chi connectivity index (χ3n) is 2.86. The van der Waals surface area contributed by atoms with Gasteiger partial charge in [0, 0.05) is 6.42 Å². The third-order valence-corrected chi connectivity index (χ3v) is 2.86. The van der Waals surface area contributed by atoms with Gasteiger partial charge >= 0.3 is 5.97 Å². The Morgan fingerprint density at radius 1 is 1.64 bits per heavy atom. The number of carboxylic acid groups (broad SMARTS) is 1. The SMILES string of the molecule is O=C(O)CC1CC2=CCC1C2. The van der Waals surface area contributed by atoms with Crippen molar-refractivity contribution >= 4 is 5.97 Å². The molecule has 0 heterocycles. The first kappa shape index (κ1) is 6.89. The van der Waals surface area contributed by atoms with Gasteiger partial charge in [-0.05, 0) is 31.1 Å². The highest BCUT2D eigenvalue weighted by Crippen LogP contribution is 2.45. The lowest BCUT2D eigenvalue weighted by atomic mass is 9.89. The van der Waals surface area contributed by atoms with Crippen LogP contribution in [0.2, 0.25) is 0 Å². The van der Waals surface area contributed by atoms with Gasteiger partial charge in [-0.2, -0.15) is 0 Å². The molecule has 2 rings (SSSR count). The molecule has 1 fully saturated rings. The number of carboxylic acids is 1. The minimum absolute atomic E-state index is 0.377. The Kier molecular flexibility index (Phi) is 1.48. The van der Waals surface area contributed by atoms with Gasteiger partial charge in [-0.25, -0.2) is 0 Å². The molecule has 11 heavy (non-hydrogen) atoms. The Morgan fingerprint density at radius 2 is 2.45 bits per heavy atom. The first-order chi connectivity index (χ1) is 5.25. The molecule has 0 aromatic rings. The van der Waals surface area contributed by atoms with E-state index in [1.807, 2.05) is 0 Å². The summed E-state index contributed by atoms with van der Waals surface area (Å²) in [6.45, 7) is 0. The lowest BCUT2D eigenvalue weighted by Crippen LogP contribution is -2.12. The first-order valence-corrected chi connectivity index (χ1v) is 4.15. The molecular weight excluding hydrogens is 140 g/mol. The maximum absolute atomic E-state index is 10.4. The topological polar surface area (TPSA) is 37.3 Å². The van der Waals surface area contributed by atoms with Crippen LogP contribution in [0.25, 0.3) is 0 Å². The van der Waals surface area contributed by atoms with Gasteiger partial charge in [0.2, 0.25) is 0 Å². The molecular formula is C9H12O2. The number of rotatable bonds is 2. The molecule has 2 heteroatoms. The van der Waals surface area contributed by atoms with E-state index in [-0.39, 0.29) is 0 Å². The molecule has 0 spiro atoms. The maximum atomic E-state index is 10.4. The number of aliphatic carboxylic acids is 1. The van der Waals surface area contributed by atoms with Crippen LogP contribution in [0.3, 0.4) is 0 Å². The van der Waals surface area contributed by atoms with Crippen LogP contribution in [0.1, 0.15) is 25.7 Å². The van der Waals surface area contributed by atoms with E-state index in [9.17, 15) is 4.79 Å². The Bertz CT molecular complexity index is 218. The smallest absolute Gasteiger partial charge is 0.303 e. The highest BCUT2D eigenvalue weighted by Gasteiger charge is 2.34. The van der Waals surface area contributed by atoms with Crippen molar-refractivity contribution in [1.82, 2.24) is 0 Å². The van der Waals surface area contributed by atoms with Crippen molar-refractivity contribution in [2.24, 2.45) is 11.8 Å². The van der Waals surface area contributed by atoms with Crippen molar-refractivity contribution in [3.8, 4) is 0 Å². The summed E-state index contributed by atoms with van der Waals surface area (Å²) >= 11 is 0. The summed E-state index contributed by atoms with van der Waals surface area (Å²) in [6.07, 6.45) is 6.02. The molecule has 1 saturated carbocycles. The van der Waals surface area contributed by atoms with E-state index < -0.39 is 5.97 Å². The molecule has 0 amide bonds. The predicted molar refractivity (Wildman–Crippen MR) is 41.2 cm³/mol. The fourth-order valence-electron chi connectivity index (χ4n) is 2.31. The normalized spacial score (nSPS) is 34.0. The zero-order chi connectivity index (χ0) is 7.84. The molecule has 0 aliphatic heterocycles. The number of allylic oxidation sites excluding steroid dienone is 2. The minimum Gasteiger partial charge on any atom is -0.481 e. The number of hydrogen-bond donors (Lipinski definition) is 1. The van der Waals surface area contributed by atoms with Gasteiger partial charge in [-0.15, -0.1) is 0 Å². The van der Waals surface area contributed by atoms with E-state index in [1.54, 1.807) is 0 Å². The molecule has 0 saturated heterocycles. The minimum atomic E-state index is -0.636. The van der Waals surface area contributed by atoms with Crippen LogP contribution in [0, 0.1) is 11.8 Å². The Labute approximate surface area is 65.9 Å². The van der Waals surface area contributed by atoms with Crippen molar-refractivity contribution in [1.29, 1.82) is 0 Å². The Morgan fingerprint density at radius 3 is 2.91 bits per heavy atom. The summed E-state index contributed by atoms with van der Waals surface area (Å²) in [5.74, 6) is 0.483. The molecule has 1 N–H and O–H groups in total. The zero-order valence-electron chi connectivity index (χ0n) is 6.42. The Balaban J connectivity index is 1.98. The fraction of sp³-hybridized carbons (Fsp3) is 0.667. The molecule has 2 aliphatic rings. The van der Waals surface area contributed by atoms with E-state index in [1.165, 1.54) is 12.0 Å². The van der Waals surface area contributed by atoms with E-state index in [2.05, 4.69) is 6.08 Å². The summed E-state index contributed by atoms with van der Waals surface area (Å²) in [5.41, 5.74) is 1.50. The van der Waals surface area contributed by atoms with Crippen LogP contribution in [0.5, 0.6) is 0 Å². The third kappa shape index (κ3) is 1.17. The molecule has 2 unspecified atom stereocenters. The van der Waals surface area contributed by atoms with Gasteiger partial charge in [0.15, 0.2) is 0 Å². The van der Waals surface area contributed by atoms with Gasteiger partial charge in [0.1, 0.15) is 0 Å². The average Bonchev–Trinajstić information content (AvgIpc) is 2.45. The number of fused-ring (bicyclic) bond motifs is 2. The van der Waals surface area contributed by atoms with Crippen LogP contribution in [0.4, 0.5) is 0 Å². The van der Waals surface area contributed by atoms with Crippen LogP contribution < -0.4 is 0 Å². The van der Waals surface area contributed by atoms with Crippen molar-refractivity contribution in [3.05, 3.63) is 11.6 Å². The summed E-state index contributed by atoms with van der Waals surface area (Å²) in [4.78, 5) is 10.4. The highest BCUT2D eigenvalue weighted by molar-refractivity contribution is 5.67. The lowest BCUT2D eigenvalue weighted by Gasteiger charge is -2.15.